The van der Waals surface area contributed by atoms with E-state index >= 15 is 0 Å². The molecule has 1 aliphatic heterocycles. The van der Waals surface area contributed by atoms with Gasteiger partial charge < -0.3 is 33.3 Å². The lowest BCUT2D eigenvalue weighted by Crippen LogP contribution is -2.43. The van der Waals surface area contributed by atoms with Crippen LogP contribution in [0.2, 0.25) is 10.0 Å². The number of ether oxygens (including phenoxy) is 6. The van der Waals surface area contributed by atoms with Gasteiger partial charge in [0.2, 0.25) is 0 Å². The standard InChI is InChI=1S/C34H39Cl2N3O8/c1-8-45-29(40)18-28-32(37-38-33(41)47-34(2,3)4)39(19-20-12-14-22(42-5)17-27(20)44-7)25-15-13-21(35)16-24(25)31(46-28)23-10-9-11-26(43-6)30(23)36/h9-17,28,31H,8,18-19H2,1-7H3,(H,38,41)/t28-,31-/m1/s1. The first-order chi connectivity index (χ1) is 22.4. The molecule has 2 atom stereocenters. The number of nitrogens with one attached hydrogen (secondary N) is 1. The van der Waals surface area contributed by atoms with Crippen molar-refractivity contribution in [2.75, 3.05) is 32.8 Å². The third-order valence-electron chi connectivity index (χ3n) is 7.06. The van der Waals surface area contributed by atoms with Gasteiger partial charge in [-0.25, -0.2) is 10.2 Å². The van der Waals surface area contributed by atoms with Gasteiger partial charge in [-0.05, 0) is 64.1 Å². The molecule has 1 heterocycles. The first-order valence-corrected chi connectivity index (χ1v) is 15.6. The zero-order valence-electron chi connectivity index (χ0n) is 27.4. The zero-order chi connectivity index (χ0) is 34.3. The molecule has 3 aromatic rings. The number of nitrogens with zero attached hydrogens (tertiary/aromatic N) is 2. The predicted octanol–water partition coefficient (Wildman–Crippen LogP) is 7.31. The van der Waals surface area contributed by atoms with E-state index in [2.05, 4.69) is 10.5 Å². The van der Waals surface area contributed by atoms with Crippen LogP contribution in [0.1, 0.15) is 56.9 Å². The summed E-state index contributed by atoms with van der Waals surface area (Å²) in [5.41, 5.74) is 4.25. The van der Waals surface area contributed by atoms with Gasteiger partial charge in [-0.3, -0.25) is 4.79 Å². The van der Waals surface area contributed by atoms with E-state index in [1.807, 2.05) is 17.0 Å². The molecule has 0 saturated heterocycles. The smallest absolute Gasteiger partial charge is 0.428 e. The van der Waals surface area contributed by atoms with E-state index in [0.29, 0.717) is 44.1 Å². The van der Waals surface area contributed by atoms with Crippen molar-refractivity contribution in [3.8, 4) is 17.2 Å². The molecule has 0 spiro atoms. The van der Waals surface area contributed by atoms with Gasteiger partial charge in [-0.15, -0.1) is 0 Å². The van der Waals surface area contributed by atoms with Crippen molar-refractivity contribution >= 4 is 46.8 Å². The molecule has 0 radical (unpaired) electrons. The molecule has 1 aliphatic rings. The summed E-state index contributed by atoms with van der Waals surface area (Å²) in [6.07, 6.45) is -2.97. The Labute approximate surface area is 284 Å². The van der Waals surface area contributed by atoms with Crippen LogP contribution in [0.4, 0.5) is 10.5 Å². The Morgan fingerprint density at radius 1 is 0.957 bits per heavy atom. The van der Waals surface area contributed by atoms with E-state index in [9.17, 15) is 9.59 Å². The topological polar surface area (TPSA) is 117 Å². The molecule has 0 aromatic heterocycles. The van der Waals surface area contributed by atoms with Gasteiger partial charge >= 0.3 is 12.1 Å². The number of benzene rings is 3. The number of hydrogen-bond acceptors (Lipinski definition) is 9. The van der Waals surface area contributed by atoms with Crippen LogP contribution in [0, 0.1) is 0 Å². The maximum absolute atomic E-state index is 13.1. The van der Waals surface area contributed by atoms with Crippen LogP contribution in [0.25, 0.3) is 0 Å². The number of hydrazone groups is 1. The van der Waals surface area contributed by atoms with Crippen LogP contribution in [0.3, 0.4) is 0 Å². The second-order valence-corrected chi connectivity index (χ2v) is 12.2. The molecule has 1 amide bonds. The van der Waals surface area contributed by atoms with E-state index < -0.39 is 29.9 Å². The number of rotatable bonds is 10. The van der Waals surface area contributed by atoms with Crippen LogP contribution in [0.5, 0.6) is 17.2 Å². The summed E-state index contributed by atoms with van der Waals surface area (Å²) in [4.78, 5) is 27.8. The quantitative estimate of drug-likeness (QED) is 0.173. The molecule has 47 heavy (non-hydrogen) atoms. The van der Waals surface area contributed by atoms with Gasteiger partial charge in [-0.2, -0.15) is 5.10 Å². The predicted molar refractivity (Wildman–Crippen MR) is 180 cm³/mol. The molecule has 252 valence electrons. The second kappa shape index (κ2) is 15.6. The molecule has 3 aromatic carbocycles. The lowest BCUT2D eigenvalue weighted by Gasteiger charge is -2.29. The highest BCUT2D eigenvalue weighted by molar-refractivity contribution is 6.33. The van der Waals surface area contributed by atoms with E-state index in [1.165, 1.54) is 7.11 Å². The number of amidine groups is 1. The van der Waals surface area contributed by atoms with Crippen LogP contribution >= 0.6 is 23.2 Å². The molecule has 13 heteroatoms. The number of hydrogen-bond donors (Lipinski definition) is 1. The highest BCUT2D eigenvalue weighted by atomic mass is 35.5. The maximum atomic E-state index is 13.1. The van der Waals surface area contributed by atoms with Gasteiger partial charge in [0.25, 0.3) is 0 Å². The fourth-order valence-electron chi connectivity index (χ4n) is 5.07. The fraction of sp³-hybridized carbons (Fsp3) is 0.382. The number of fused-ring (bicyclic) bond motifs is 1. The van der Waals surface area contributed by atoms with Crippen LogP contribution in [-0.4, -0.2) is 57.5 Å². The summed E-state index contributed by atoms with van der Waals surface area (Å²) in [6, 6.07) is 16.1. The van der Waals surface area contributed by atoms with E-state index in [1.54, 1.807) is 84.4 Å². The number of esters is 1. The third-order valence-corrected chi connectivity index (χ3v) is 7.70. The lowest BCUT2D eigenvalue weighted by molar-refractivity contribution is -0.145. The number of carbonyl (C=O) groups is 2. The van der Waals surface area contributed by atoms with Gasteiger partial charge in [0, 0.05) is 33.5 Å². The van der Waals surface area contributed by atoms with Crippen molar-refractivity contribution in [1.29, 1.82) is 0 Å². The Hall–Kier alpha value is -4.19. The van der Waals surface area contributed by atoms with Gasteiger partial charge in [0.05, 0.1) is 45.9 Å². The van der Waals surface area contributed by atoms with Crippen molar-refractivity contribution in [1.82, 2.24) is 5.43 Å². The minimum atomic E-state index is -1.06. The molecule has 4 rings (SSSR count). The highest BCUT2D eigenvalue weighted by Gasteiger charge is 2.38. The van der Waals surface area contributed by atoms with Crippen molar-refractivity contribution in [3.05, 3.63) is 81.3 Å². The fourth-order valence-corrected chi connectivity index (χ4v) is 5.55. The summed E-state index contributed by atoms with van der Waals surface area (Å²) < 4.78 is 34.2. The minimum absolute atomic E-state index is 0.155. The third kappa shape index (κ3) is 8.79. The summed E-state index contributed by atoms with van der Waals surface area (Å²) in [5, 5.41) is 5.28. The molecule has 0 aliphatic carbocycles. The van der Waals surface area contributed by atoms with E-state index in [0.717, 1.165) is 5.56 Å². The Bertz CT molecular complexity index is 1630. The summed E-state index contributed by atoms with van der Waals surface area (Å²) >= 11 is 13.5. The minimum Gasteiger partial charge on any atom is -0.497 e. The number of methoxy groups -OCH3 is 3. The molecule has 0 saturated carbocycles. The molecule has 11 nitrogen and oxygen atoms in total. The summed E-state index contributed by atoms with van der Waals surface area (Å²) in [7, 11) is 4.64. The van der Waals surface area contributed by atoms with Crippen molar-refractivity contribution in [2.45, 2.75) is 58.5 Å². The average Bonchev–Trinajstić information content (AvgIpc) is 3.13. The Morgan fingerprint density at radius 3 is 2.36 bits per heavy atom. The lowest BCUT2D eigenvalue weighted by atomic mass is 9.98. The number of carbonyl (C=O) groups excluding carboxylic acids is 2. The molecule has 1 N–H and O–H groups in total. The molecule has 0 fully saturated rings. The number of halogens is 2. The van der Waals surface area contributed by atoms with Crippen LogP contribution < -0.4 is 24.5 Å². The molecular formula is C34H39Cl2N3O8. The SMILES string of the molecule is CCOC(=O)C[C@H]1O[C@H](c2cccc(OC)c2Cl)c2cc(Cl)ccc2N(Cc2ccc(OC)cc2OC)C1=NNC(=O)OC(C)(C)C. The largest absolute Gasteiger partial charge is 0.497 e. The van der Waals surface area contributed by atoms with Gasteiger partial charge in [-0.1, -0.05) is 35.3 Å². The van der Waals surface area contributed by atoms with E-state index in [-0.39, 0.29) is 25.4 Å². The number of amides is 1. The maximum Gasteiger partial charge on any atom is 0.428 e. The molecular weight excluding hydrogens is 649 g/mol. The normalized spacial score (nSPS) is 17.0. The van der Waals surface area contributed by atoms with E-state index in [4.69, 9.17) is 51.6 Å². The molecule has 0 unspecified atom stereocenters. The highest BCUT2D eigenvalue weighted by Crippen LogP contribution is 2.45. The van der Waals surface area contributed by atoms with Gasteiger partial charge in [0.1, 0.15) is 35.1 Å². The van der Waals surface area contributed by atoms with Crippen LogP contribution in [0.15, 0.2) is 59.7 Å². The summed E-state index contributed by atoms with van der Waals surface area (Å²) in [5.74, 6) is 1.22. The molecule has 0 bridgehead atoms. The first kappa shape index (κ1) is 35.7. The Kier molecular flexibility index (Phi) is 11.8. The monoisotopic (exact) mass is 687 g/mol. The average molecular weight is 689 g/mol. The summed E-state index contributed by atoms with van der Waals surface area (Å²) in [6.45, 7) is 7.25. The van der Waals surface area contributed by atoms with Crippen molar-refractivity contribution in [2.24, 2.45) is 5.10 Å². The van der Waals surface area contributed by atoms with Crippen LogP contribution in [-0.2, 0) is 25.5 Å². The van der Waals surface area contributed by atoms with Gasteiger partial charge in [0.15, 0.2) is 5.84 Å². The Balaban J connectivity index is 1.99. The first-order valence-electron chi connectivity index (χ1n) is 14.9. The zero-order valence-corrected chi connectivity index (χ0v) is 28.9. The second-order valence-electron chi connectivity index (χ2n) is 11.4. The number of anilines is 1. The van der Waals surface area contributed by atoms with Crippen molar-refractivity contribution in [3.63, 3.8) is 0 Å². The Morgan fingerprint density at radius 2 is 1.70 bits per heavy atom. The van der Waals surface area contributed by atoms with Crippen molar-refractivity contribution < 1.29 is 38.0 Å².